The van der Waals surface area contributed by atoms with Crippen LogP contribution in [0.2, 0.25) is 0 Å². The first-order valence-corrected chi connectivity index (χ1v) is 9.27. The van der Waals surface area contributed by atoms with Crippen molar-refractivity contribution in [3.63, 3.8) is 0 Å². The number of hydrogen-bond donors (Lipinski definition) is 0. The van der Waals surface area contributed by atoms with Gasteiger partial charge in [-0.3, -0.25) is 0 Å². The minimum atomic E-state index is -0.433. The van der Waals surface area contributed by atoms with Crippen LogP contribution in [0, 0.1) is 12.8 Å². The number of halogens is 1. The summed E-state index contributed by atoms with van der Waals surface area (Å²) in [5.74, 6) is 1.28. The van der Waals surface area contributed by atoms with E-state index in [1.807, 2.05) is 38.7 Å². The van der Waals surface area contributed by atoms with Crippen LogP contribution in [-0.4, -0.2) is 41.3 Å². The zero-order chi connectivity index (χ0) is 17.7. The van der Waals surface area contributed by atoms with E-state index < -0.39 is 5.60 Å². The second-order valence-electron chi connectivity index (χ2n) is 7.32. The molecule has 1 aromatic rings. The van der Waals surface area contributed by atoms with Crippen molar-refractivity contribution >= 4 is 22.0 Å². The molecule has 0 spiro atoms. The summed E-state index contributed by atoms with van der Waals surface area (Å²) in [4.78, 5) is 18.2. The Morgan fingerprint density at radius 1 is 1.38 bits per heavy atom. The third kappa shape index (κ3) is 5.96. The van der Waals surface area contributed by atoms with Crippen molar-refractivity contribution in [2.75, 3.05) is 19.7 Å². The molecule has 5 nitrogen and oxygen atoms in total. The molecule has 1 saturated heterocycles. The first kappa shape index (κ1) is 19.0. The van der Waals surface area contributed by atoms with E-state index in [1.54, 1.807) is 6.20 Å². The molecule has 0 aromatic carbocycles. The maximum atomic E-state index is 12.1. The fraction of sp³-hybridized carbons (Fsp3) is 0.667. The monoisotopic (exact) mass is 398 g/mol. The third-order valence-electron chi connectivity index (χ3n) is 4.03. The van der Waals surface area contributed by atoms with Crippen molar-refractivity contribution in [3.05, 3.63) is 22.3 Å². The second-order valence-corrected chi connectivity index (χ2v) is 8.24. The van der Waals surface area contributed by atoms with E-state index in [1.165, 1.54) is 0 Å². The summed E-state index contributed by atoms with van der Waals surface area (Å²) in [7, 11) is 0. The van der Waals surface area contributed by atoms with E-state index in [4.69, 9.17) is 9.47 Å². The number of nitrogens with zero attached hydrogens (tertiary/aromatic N) is 2. The van der Waals surface area contributed by atoms with Crippen molar-refractivity contribution in [1.29, 1.82) is 0 Å². The first-order valence-electron chi connectivity index (χ1n) is 8.47. The predicted molar refractivity (Wildman–Crippen MR) is 97.3 cm³/mol. The number of likely N-dealkylation sites (tertiary alicyclic amines) is 1. The van der Waals surface area contributed by atoms with Gasteiger partial charge in [-0.2, -0.15) is 0 Å². The molecule has 2 heterocycles. The second kappa shape index (κ2) is 8.19. The number of pyridine rings is 1. The minimum absolute atomic E-state index is 0.202. The van der Waals surface area contributed by atoms with Crippen LogP contribution in [0.3, 0.4) is 0 Å². The van der Waals surface area contributed by atoms with E-state index in [0.717, 1.165) is 42.4 Å². The number of hydrogen-bond acceptors (Lipinski definition) is 4. The SMILES string of the molecule is Cc1cc(Br)cnc1OCCC1CCN(C(=O)OC(C)(C)C)CC1. The maximum absolute atomic E-state index is 12.1. The van der Waals surface area contributed by atoms with Crippen LogP contribution in [0.1, 0.15) is 45.6 Å². The van der Waals surface area contributed by atoms with Gasteiger partial charge in [0, 0.05) is 29.3 Å². The summed E-state index contributed by atoms with van der Waals surface area (Å²) in [6.45, 7) is 9.86. The molecule has 0 atom stereocenters. The number of carbonyl (C=O) groups excluding carboxylic acids is 1. The summed E-state index contributed by atoms with van der Waals surface area (Å²) < 4.78 is 12.2. The molecule has 0 bridgehead atoms. The quantitative estimate of drug-likeness (QED) is 0.745. The molecule has 0 saturated carbocycles. The average Bonchev–Trinajstić information content (AvgIpc) is 2.48. The van der Waals surface area contributed by atoms with Gasteiger partial charge in [-0.1, -0.05) is 0 Å². The number of piperidine rings is 1. The van der Waals surface area contributed by atoms with E-state index >= 15 is 0 Å². The Hall–Kier alpha value is -1.30. The smallest absolute Gasteiger partial charge is 0.410 e. The van der Waals surface area contributed by atoms with Gasteiger partial charge in [0.15, 0.2) is 0 Å². The molecule has 0 radical (unpaired) electrons. The Morgan fingerprint density at radius 2 is 2.04 bits per heavy atom. The lowest BCUT2D eigenvalue weighted by molar-refractivity contribution is 0.0177. The van der Waals surface area contributed by atoms with E-state index in [2.05, 4.69) is 20.9 Å². The molecule has 1 fully saturated rings. The molecule has 0 unspecified atom stereocenters. The van der Waals surface area contributed by atoms with Crippen LogP contribution in [0.5, 0.6) is 5.88 Å². The topological polar surface area (TPSA) is 51.7 Å². The first-order chi connectivity index (χ1) is 11.2. The summed E-state index contributed by atoms with van der Waals surface area (Å²) in [6.07, 6.45) is 4.53. The maximum Gasteiger partial charge on any atom is 0.410 e. The Kier molecular flexibility index (Phi) is 6.49. The predicted octanol–water partition coefficient (Wildman–Crippen LogP) is 4.57. The van der Waals surface area contributed by atoms with Crippen LogP contribution in [0.25, 0.3) is 0 Å². The van der Waals surface area contributed by atoms with Gasteiger partial charge in [0.2, 0.25) is 5.88 Å². The number of rotatable bonds is 4. The molecule has 0 aliphatic carbocycles. The van der Waals surface area contributed by atoms with E-state index in [-0.39, 0.29) is 6.09 Å². The molecule has 134 valence electrons. The number of amides is 1. The fourth-order valence-corrected chi connectivity index (χ4v) is 3.18. The fourth-order valence-electron chi connectivity index (χ4n) is 2.73. The molecule has 1 amide bonds. The molecular weight excluding hydrogens is 372 g/mol. The number of ether oxygens (including phenoxy) is 2. The lowest BCUT2D eigenvalue weighted by Crippen LogP contribution is -2.41. The number of aryl methyl sites for hydroxylation is 1. The van der Waals surface area contributed by atoms with E-state index in [0.29, 0.717) is 18.4 Å². The van der Waals surface area contributed by atoms with Crippen LogP contribution in [0.15, 0.2) is 16.7 Å². The molecule has 6 heteroatoms. The molecule has 2 rings (SSSR count). The summed E-state index contributed by atoms with van der Waals surface area (Å²) in [5, 5.41) is 0. The normalized spacial score (nSPS) is 16.1. The zero-order valence-corrected chi connectivity index (χ0v) is 16.6. The molecule has 0 N–H and O–H groups in total. The van der Waals surface area contributed by atoms with Gasteiger partial charge in [-0.25, -0.2) is 9.78 Å². The lowest BCUT2D eigenvalue weighted by Gasteiger charge is -2.33. The Morgan fingerprint density at radius 3 is 2.62 bits per heavy atom. The molecular formula is C18H27BrN2O3. The van der Waals surface area contributed by atoms with Crippen molar-refractivity contribution in [3.8, 4) is 5.88 Å². The number of carbonyl (C=O) groups is 1. The van der Waals surface area contributed by atoms with Gasteiger partial charge in [0.25, 0.3) is 0 Å². The van der Waals surface area contributed by atoms with Gasteiger partial charge in [-0.05, 0) is 74.9 Å². The Balaban J connectivity index is 1.70. The molecule has 1 aliphatic rings. The third-order valence-corrected chi connectivity index (χ3v) is 4.46. The largest absolute Gasteiger partial charge is 0.477 e. The minimum Gasteiger partial charge on any atom is -0.477 e. The highest BCUT2D eigenvalue weighted by molar-refractivity contribution is 9.10. The average molecular weight is 399 g/mol. The number of aromatic nitrogens is 1. The van der Waals surface area contributed by atoms with Crippen molar-refractivity contribution in [2.24, 2.45) is 5.92 Å². The summed E-state index contributed by atoms with van der Waals surface area (Å²) >= 11 is 3.40. The van der Waals surface area contributed by atoms with Crippen molar-refractivity contribution in [2.45, 2.75) is 52.6 Å². The highest BCUT2D eigenvalue weighted by atomic mass is 79.9. The molecule has 1 aliphatic heterocycles. The highest BCUT2D eigenvalue weighted by Gasteiger charge is 2.26. The Bertz CT molecular complexity index is 564. The van der Waals surface area contributed by atoms with Gasteiger partial charge < -0.3 is 14.4 Å². The summed E-state index contributed by atoms with van der Waals surface area (Å²) in [6, 6.07) is 2.00. The highest BCUT2D eigenvalue weighted by Crippen LogP contribution is 2.23. The van der Waals surface area contributed by atoms with Crippen LogP contribution < -0.4 is 4.74 Å². The summed E-state index contributed by atoms with van der Waals surface area (Å²) in [5.41, 5.74) is 0.598. The van der Waals surface area contributed by atoms with Crippen molar-refractivity contribution < 1.29 is 14.3 Å². The van der Waals surface area contributed by atoms with Gasteiger partial charge in [0.1, 0.15) is 5.60 Å². The zero-order valence-electron chi connectivity index (χ0n) is 15.0. The van der Waals surface area contributed by atoms with Gasteiger partial charge in [0.05, 0.1) is 6.61 Å². The Labute approximate surface area is 152 Å². The van der Waals surface area contributed by atoms with Crippen LogP contribution >= 0.6 is 15.9 Å². The van der Waals surface area contributed by atoms with Crippen molar-refractivity contribution in [1.82, 2.24) is 9.88 Å². The van der Waals surface area contributed by atoms with Crippen LogP contribution in [-0.2, 0) is 4.74 Å². The van der Waals surface area contributed by atoms with Crippen LogP contribution in [0.4, 0.5) is 4.79 Å². The lowest BCUT2D eigenvalue weighted by atomic mass is 9.94. The standard InChI is InChI=1S/C18H27BrN2O3/c1-13-11-15(19)12-20-16(13)23-10-7-14-5-8-21(9-6-14)17(22)24-18(2,3)4/h11-12,14H,5-10H2,1-4H3. The van der Waals surface area contributed by atoms with E-state index in [9.17, 15) is 4.79 Å². The molecule has 1 aromatic heterocycles. The van der Waals surface area contributed by atoms with Gasteiger partial charge >= 0.3 is 6.09 Å². The molecule has 24 heavy (non-hydrogen) atoms. The van der Waals surface area contributed by atoms with Gasteiger partial charge in [-0.15, -0.1) is 0 Å².